The summed E-state index contributed by atoms with van der Waals surface area (Å²) in [6, 6.07) is 8.43. The molecule has 0 fully saturated rings. The second-order valence-electron chi connectivity index (χ2n) is 4.82. The summed E-state index contributed by atoms with van der Waals surface area (Å²) in [6.45, 7) is 0. The van der Waals surface area contributed by atoms with Gasteiger partial charge in [-0.3, -0.25) is 4.79 Å². The van der Waals surface area contributed by atoms with Crippen LogP contribution >= 0.6 is 0 Å². The predicted molar refractivity (Wildman–Crippen MR) is 89.2 cm³/mol. The summed E-state index contributed by atoms with van der Waals surface area (Å²) in [4.78, 5) is 12.4. The number of methoxy groups -OCH3 is 3. The van der Waals surface area contributed by atoms with Crippen LogP contribution in [-0.4, -0.2) is 37.3 Å². The van der Waals surface area contributed by atoms with Gasteiger partial charge in [-0.25, -0.2) is 0 Å². The number of carbonyl (C=O) groups excluding carboxylic acids is 1. The molecule has 0 radical (unpaired) electrons. The van der Waals surface area contributed by atoms with Crippen LogP contribution in [0, 0.1) is 0 Å². The molecule has 6 nitrogen and oxygen atoms in total. The molecule has 0 aromatic heterocycles. The number of allylic oxidation sites excluding steroid dienone is 1. The van der Waals surface area contributed by atoms with Crippen LogP contribution in [0.3, 0.4) is 0 Å². The Labute approximate surface area is 139 Å². The molecule has 126 valence electrons. The molecule has 6 heteroatoms. The number of benzene rings is 2. The molecule has 0 aliphatic heterocycles. The molecule has 0 atom stereocenters. The molecule has 2 rings (SSSR count). The molecular weight excluding hydrogens is 312 g/mol. The van der Waals surface area contributed by atoms with Gasteiger partial charge < -0.3 is 24.4 Å². The van der Waals surface area contributed by atoms with E-state index in [1.54, 1.807) is 37.5 Å². The minimum absolute atomic E-state index is 0.0139. The lowest BCUT2D eigenvalue weighted by atomic mass is 10.1. The van der Waals surface area contributed by atoms with Crippen LogP contribution in [0.5, 0.6) is 28.7 Å². The lowest BCUT2D eigenvalue weighted by Gasteiger charge is -2.12. The average Bonchev–Trinajstić information content (AvgIpc) is 2.62. The number of aromatic hydroxyl groups is 2. The van der Waals surface area contributed by atoms with Crippen LogP contribution < -0.4 is 14.2 Å². The Bertz CT molecular complexity index is 762. The first-order valence-corrected chi connectivity index (χ1v) is 7.05. The number of hydrogen-bond acceptors (Lipinski definition) is 6. The van der Waals surface area contributed by atoms with Crippen LogP contribution in [0.1, 0.15) is 15.9 Å². The van der Waals surface area contributed by atoms with Gasteiger partial charge in [0.25, 0.3) is 0 Å². The minimum Gasteiger partial charge on any atom is -0.504 e. The summed E-state index contributed by atoms with van der Waals surface area (Å²) >= 11 is 0. The van der Waals surface area contributed by atoms with E-state index in [-0.39, 0.29) is 17.1 Å². The molecule has 0 saturated carbocycles. The van der Waals surface area contributed by atoms with Crippen molar-refractivity contribution in [3.8, 4) is 28.7 Å². The standard InChI is InChI=1S/C18H18O6/c1-22-12-7-4-11(5-8-12)6-9-13(19)16-14(23-2)10-15(24-3)17(20)18(16)21/h4-10,20-21H,1-3H3/b9-6+. The van der Waals surface area contributed by atoms with E-state index in [1.807, 2.05) is 0 Å². The molecule has 0 aliphatic rings. The molecule has 2 aromatic carbocycles. The van der Waals surface area contributed by atoms with Crippen molar-refractivity contribution in [2.75, 3.05) is 21.3 Å². The molecule has 2 aromatic rings. The fraction of sp³-hybridized carbons (Fsp3) is 0.167. The van der Waals surface area contributed by atoms with E-state index in [2.05, 4.69) is 0 Å². The van der Waals surface area contributed by atoms with E-state index in [0.29, 0.717) is 5.75 Å². The lowest BCUT2D eigenvalue weighted by molar-refractivity contribution is 0.104. The molecule has 0 amide bonds. The van der Waals surface area contributed by atoms with Crippen LogP contribution in [0.2, 0.25) is 0 Å². The Hall–Kier alpha value is -3.15. The Morgan fingerprint density at radius 1 is 0.917 bits per heavy atom. The quantitative estimate of drug-likeness (QED) is 0.481. The maximum atomic E-state index is 12.4. The average molecular weight is 330 g/mol. The number of ketones is 1. The fourth-order valence-electron chi connectivity index (χ4n) is 2.14. The topological polar surface area (TPSA) is 85.2 Å². The van der Waals surface area contributed by atoms with E-state index in [1.165, 1.54) is 26.4 Å². The first-order valence-electron chi connectivity index (χ1n) is 7.05. The van der Waals surface area contributed by atoms with Crippen molar-refractivity contribution in [1.29, 1.82) is 0 Å². The van der Waals surface area contributed by atoms with E-state index in [9.17, 15) is 15.0 Å². The monoisotopic (exact) mass is 330 g/mol. The molecule has 0 aliphatic carbocycles. The number of rotatable bonds is 6. The van der Waals surface area contributed by atoms with Gasteiger partial charge in [0.1, 0.15) is 17.1 Å². The number of ether oxygens (including phenoxy) is 3. The fourth-order valence-corrected chi connectivity index (χ4v) is 2.14. The highest BCUT2D eigenvalue weighted by Gasteiger charge is 2.22. The molecule has 0 bridgehead atoms. The highest BCUT2D eigenvalue weighted by molar-refractivity contribution is 6.11. The van der Waals surface area contributed by atoms with E-state index in [0.717, 1.165) is 5.56 Å². The van der Waals surface area contributed by atoms with Crippen molar-refractivity contribution >= 4 is 11.9 Å². The second-order valence-corrected chi connectivity index (χ2v) is 4.82. The normalized spacial score (nSPS) is 10.6. The second kappa shape index (κ2) is 7.41. The predicted octanol–water partition coefficient (Wildman–Crippen LogP) is 3.02. The largest absolute Gasteiger partial charge is 0.504 e. The van der Waals surface area contributed by atoms with Gasteiger partial charge >= 0.3 is 0 Å². The molecule has 0 spiro atoms. The Morgan fingerprint density at radius 2 is 1.54 bits per heavy atom. The summed E-state index contributed by atoms with van der Waals surface area (Å²) in [6.07, 6.45) is 2.87. The lowest BCUT2D eigenvalue weighted by Crippen LogP contribution is -2.01. The van der Waals surface area contributed by atoms with Crippen molar-refractivity contribution in [2.45, 2.75) is 0 Å². The third-order valence-corrected chi connectivity index (χ3v) is 3.43. The smallest absolute Gasteiger partial charge is 0.201 e. The Balaban J connectivity index is 2.34. The Kier molecular flexibility index (Phi) is 5.31. The maximum absolute atomic E-state index is 12.4. The first-order chi connectivity index (χ1) is 11.5. The van der Waals surface area contributed by atoms with Crippen molar-refractivity contribution in [1.82, 2.24) is 0 Å². The summed E-state index contributed by atoms with van der Waals surface area (Å²) in [5, 5.41) is 19.9. The van der Waals surface area contributed by atoms with Crippen LogP contribution in [0.15, 0.2) is 36.4 Å². The van der Waals surface area contributed by atoms with Gasteiger partial charge in [-0.2, -0.15) is 0 Å². The zero-order valence-corrected chi connectivity index (χ0v) is 13.6. The zero-order valence-electron chi connectivity index (χ0n) is 13.6. The maximum Gasteiger partial charge on any atom is 0.201 e. The molecule has 0 heterocycles. The highest BCUT2D eigenvalue weighted by Crippen LogP contribution is 2.43. The number of hydrogen-bond donors (Lipinski definition) is 2. The molecule has 24 heavy (non-hydrogen) atoms. The van der Waals surface area contributed by atoms with Crippen molar-refractivity contribution in [3.05, 3.63) is 47.5 Å². The van der Waals surface area contributed by atoms with Crippen LogP contribution in [0.4, 0.5) is 0 Å². The molecule has 0 saturated heterocycles. The van der Waals surface area contributed by atoms with Gasteiger partial charge in [0.05, 0.1) is 21.3 Å². The minimum atomic E-state index is -0.587. The van der Waals surface area contributed by atoms with Crippen molar-refractivity contribution in [3.63, 3.8) is 0 Å². The van der Waals surface area contributed by atoms with Crippen LogP contribution in [-0.2, 0) is 0 Å². The van der Waals surface area contributed by atoms with Gasteiger partial charge in [0, 0.05) is 6.07 Å². The molecule has 2 N–H and O–H groups in total. The number of phenolic OH excluding ortho intramolecular Hbond substituents is 2. The van der Waals surface area contributed by atoms with Gasteiger partial charge in [-0.05, 0) is 23.8 Å². The van der Waals surface area contributed by atoms with E-state index >= 15 is 0 Å². The van der Waals surface area contributed by atoms with E-state index in [4.69, 9.17) is 14.2 Å². The number of phenols is 2. The SMILES string of the molecule is COc1ccc(/C=C/C(=O)c2c(OC)cc(OC)c(O)c2O)cc1. The zero-order chi connectivity index (χ0) is 17.7. The van der Waals surface area contributed by atoms with Gasteiger partial charge in [0.15, 0.2) is 17.3 Å². The van der Waals surface area contributed by atoms with Crippen molar-refractivity contribution < 1.29 is 29.2 Å². The highest BCUT2D eigenvalue weighted by atomic mass is 16.5. The first kappa shape index (κ1) is 17.2. The number of carbonyl (C=O) groups is 1. The molecule has 0 unspecified atom stereocenters. The van der Waals surface area contributed by atoms with Gasteiger partial charge in [-0.15, -0.1) is 0 Å². The summed E-state index contributed by atoms with van der Waals surface area (Å²) in [5.74, 6) is -0.794. The summed E-state index contributed by atoms with van der Waals surface area (Å²) in [5.41, 5.74) is 0.640. The molecular formula is C18H18O6. The summed E-state index contributed by atoms with van der Waals surface area (Å²) < 4.78 is 15.1. The Morgan fingerprint density at radius 3 is 2.08 bits per heavy atom. The van der Waals surface area contributed by atoms with Crippen LogP contribution in [0.25, 0.3) is 6.08 Å². The van der Waals surface area contributed by atoms with Crippen molar-refractivity contribution in [2.24, 2.45) is 0 Å². The third kappa shape index (κ3) is 3.43. The third-order valence-electron chi connectivity index (χ3n) is 3.43. The van der Waals surface area contributed by atoms with Gasteiger partial charge in [0.2, 0.25) is 5.75 Å². The van der Waals surface area contributed by atoms with Gasteiger partial charge in [-0.1, -0.05) is 18.2 Å². The summed E-state index contributed by atoms with van der Waals surface area (Å²) in [7, 11) is 4.26. The van der Waals surface area contributed by atoms with E-state index < -0.39 is 17.3 Å².